The minimum Gasteiger partial charge on any atom is -0.388 e. The molecule has 0 saturated heterocycles. The van der Waals surface area contributed by atoms with E-state index >= 15 is 0 Å². The smallest absolute Gasteiger partial charge is 0.0948 e. The van der Waals surface area contributed by atoms with Crippen molar-refractivity contribution in [2.45, 2.75) is 45.9 Å². The van der Waals surface area contributed by atoms with Gasteiger partial charge in [-0.2, -0.15) is 0 Å². The molecule has 98 valence electrons. The lowest BCUT2D eigenvalue weighted by molar-refractivity contribution is 0.173. The number of aromatic nitrogens is 3. The van der Waals surface area contributed by atoms with Gasteiger partial charge in [0.05, 0.1) is 24.7 Å². The van der Waals surface area contributed by atoms with Gasteiger partial charge in [-0.25, -0.2) is 4.98 Å². The molecule has 0 saturated carbocycles. The van der Waals surface area contributed by atoms with Crippen molar-refractivity contribution in [2.24, 2.45) is 0 Å². The van der Waals surface area contributed by atoms with E-state index in [1.165, 1.54) is 5.69 Å². The molecular weight excluding hydrogens is 226 g/mol. The molecule has 0 fully saturated rings. The third-order valence-electron chi connectivity index (χ3n) is 3.15. The van der Waals surface area contributed by atoms with E-state index in [0.717, 1.165) is 31.5 Å². The van der Waals surface area contributed by atoms with Crippen molar-refractivity contribution in [3.63, 3.8) is 0 Å². The van der Waals surface area contributed by atoms with Crippen molar-refractivity contribution in [1.29, 1.82) is 0 Å². The highest BCUT2D eigenvalue weighted by molar-refractivity contribution is 5.14. The van der Waals surface area contributed by atoms with Crippen molar-refractivity contribution >= 4 is 0 Å². The lowest BCUT2D eigenvalue weighted by Crippen LogP contribution is -2.05. The van der Waals surface area contributed by atoms with Crippen LogP contribution in [0.2, 0.25) is 0 Å². The van der Waals surface area contributed by atoms with Crippen LogP contribution in [0, 0.1) is 0 Å². The summed E-state index contributed by atoms with van der Waals surface area (Å²) in [4.78, 5) is 4.20. The lowest BCUT2D eigenvalue weighted by Gasteiger charge is -2.08. The zero-order valence-electron chi connectivity index (χ0n) is 11.1. The number of aliphatic hydroxyl groups excluding tert-OH is 1. The van der Waals surface area contributed by atoms with Crippen LogP contribution in [0.5, 0.6) is 0 Å². The van der Waals surface area contributed by atoms with Crippen LogP contribution in [-0.2, 0) is 13.1 Å². The summed E-state index contributed by atoms with van der Waals surface area (Å²) in [6.45, 7) is 5.95. The molecule has 0 aliphatic carbocycles. The molecule has 0 aliphatic heterocycles. The Morgan fingerprint density at radius 1 is 1.39 bits per heavy atom. The SMILES string of the molecule is CCCn1cncc1Cn1ccc(C(O)CC)c1. The van der Waals surface area contributed by atoms with Crippen LogP contribution in [0.4, 0.5) is 0 Å². The zero-order chi connectivity index (χ0) is 13.0. The van der Waals surface area contributed by atoms with Crippen LogP contribution in [0.15, 0.2) is 31.0 Å². The van der Waals surface area contributed by atoms with E-state index in [4.69, 9.17) is 0 Å². The number of rotatable bonds is 6. The van der Waals surface area contributed by atoms with Crippen LogP contribution >= 0.6 is 0 Å². The fraction of sp³-hybridized carbons (Fsp3) is 0.500. The van der Waals surface area contributed by atoms with Crippen LogP contribution in [0.3, 0.4) is 0 Å². The Hall–Kier alpha value is -1.55. The van der Waals surface area contributed by atoms with E-state index in [0.29, 0.717) is 0 Å². The fourth-order valence-corrected chi connectivity index (χ4v) is 2.10. The first-order valence-electron chi connectivity index (χ1n) is 6.57. The maximum Gasteiger partial charge on any atom is 0.0948 e. The van der Waals surface area contributed by atoms with Gasteiger partial charge in [0.1, 0.15) is 0 Å². The average molecular weight is 247 g/mol. The van der Waals surface area contributed by atoms with Gasteiger partial charge in [0, 0.05) is 25.1 Å². The Balaban J connectivity index is 2.09. The second-order valence-electron chi connectivity index (χ2n) is 4.62. The van der Waals surface area contributed by atoms with Gasteiger partial charge in [-0.05, 0) is 24.5 Å². The lowest BCUT2D eigenvalue weighted by atomic mass is 10.1. The highest BCUT2D eigenvalue weighted by Crippen LogP contribution is 2.17. The van der Waals surface area contributed by atoms with Gasteiger partial charge >= 0.3 is 0 Å². The van der Waals surface area contributed by atoms with E-state index in [1.807, 2.05) is 37.9 Å². The Labute approximate surface area is 108 Å². The number of hydrogen-bond donors (Lipinski definition) is 1. The van der Waals surface area contributed by atoms with E-state index < -0.39 is 0 Å². The van der Waals surface area contributed by atoms with Crippen LogP contribution in [-0.4, -0.2) is 19.2 Å². The second-order valence-corrected chi connectivity index (χ2v) is 4.62. The summed E-state index contributed by atoms with van der Waals surface area (Å²) in [7, 11) is 0. The average Bonchev–Trinajstić information content (AvgIpc) is 3.00. The van der Waals surface area contributed by atoms with Crippen molar-refractivity contribution in [1.82, 2.24) is 14.1 Å². The molecule has 2 aromatic rings. The third-order valence-corrected chi connectivity index (χ3v) is 3.15. The molecule has 4 nitrogen and oxygen atoms in total. The minimum atomic E-state index is -0.355. The molecule has 0 aliphatic rings. The Morgan fingerprint density at radius 2 is 2.22 bits per heavy atom. The monoisotopic (exact) mass is 247 g/mol. The number of nitrogens with zero attached hydrogens (tertiary/aromatic N) is 3. The maximum atomic E-state index is 9.78. The normalized spacial score (nSPS) is 12.8. The Bertz CT molecular complexity index is 487. The van der Waals surface area contributed by atoms with Gasteiger partial charge < -0.3 is 14.2 Å². The van der Waals surface area contributed by atoms with Crippen molar-refractivity contribution < 1.29 is 5.11 Å². The molecule has 0 bridgehead atoms. The number of hydrogen-bond acceptors (Lipinski definition) is 2. The predicted octanol–water partition coefficient (Wildman–Crippen LogP) is 2.59. The van der Waals surface area contributed by atoms with E-state index in [9.17, 15) is 5.11 Å². The number of aryl methyl sites for hydroxylation is 1. The standard InChI is InChI=1S/C14H21N3O/c1-3-6-17-11-15-8-13(17)10-16-7-5-12(9-16)14(18)4-2/h5,7-9,11,14,18H,3-4,6,10H2,1-2H3. The van der Waals surface area contributed by atoms with Crippen molar-refractivity contribution in [3.8, 4) is 0 Å². The van der Waals surface area contributed by atoms with Gasteiger partial charge in [0.25, 0.3) is 0 Å². The highest BCUT2D eigenvalue weighted by Gasteiger charge is 2.07. The van der Waals surface area contributed by atoms with Gasteiger partial charge in [0.2, 0.25) is 0 Å². The number of imidazole rings is 1. The number of aliphatic hydroxyl groups is 1. The molecule has 1 N–H and O–H groups in total. The largest absolute Gasteiger partial charge is 0.388 e. The summed E-state index contributed by atoms with van der Waals surface area (Å²) in [5.74, 6) is 0. The molecule has 4 heteroatoms. The fourth-order valence-electron chi connectivity index (χ4n) is 2.10. The summed E-state index contributed by atoms with van der Waals surface area (Å²) in [5, 5.41) is 9.78. The van der Waals surface area contributed by atoms with Gasteiger partial charge in [0.15, 0.2) is 0 Å². The van der Waals surface area contributed by atoms with E-state index in [2.05, 4.69) is 21.0 Å². The first-order valence-corrected chi connectivity index (χ1v) is 6.57. The molecule has 1 atom stereocenters. The molecule has 0 aromatic carbocycles. The first kappa shape index (κ1) is 12.9. The quantitative estimate of drug-likeness (QED) is 0.852. The molecule has 1 unspecified atom stereocenters. The Morgan fingerprint density at radius 3 is 2.94 bits per heavy atom. The minimum absolute atomic E-state index is 0.355. The summed E-state index contributed by atoms with van der Waals surface area (Å²) in [6.07, 6.45) is 9.31. The highest BCUT2D eigenvalue weighted by atomic mass is 16.3. The molecule has 0 amide bonds. The molecule has 18 heavy (non-hydrogen) atoms. The van der Waals surface area contributed by atoms with Crippen molar-refractivity contribution in [3.05, 3.63) is 42.2 Å². The summed E-state index contributed by atoms with van der Waals surface area (Å²) >= 11 is 0. The Kier molecular flexibility index (Phi) is 4.20. The van der Waals surface area contributed by atoms with E-state index in [1.54, 1.807) is 0 Å². The molecule has 2 aromatic heterocycles. The van der Waals surface area contributed by atoms with Gasteiger partial charge in [-0.3, -0.25) is 0 Å². The molecule has 0 spiro atoms. The molecular formula is C14H21N3O. The van der Waals surface area contributed by atoms with Crippen LogP contribution < -0.4 is 0 Å². The van der Waals surface area contributed by atoms with Gasteiger partial charge in [-0.15, -0.1) is 0 Å². The predicted molar refractivity (Wildman–Crippen MR) is 71.3 cm³/mol. The summed E-state index contributed by atoms with van der Waals surface area (Å²) in [6, 6.07) is 1.98. The molecule has 0 radical (unpaired) electrons. The zero-order valence-corrected chi connectivity index (χ0v) is 11.1. The second kappa shape index (κ2) is 5.87. The molecule has 2 heterocycles. The molecule has 2 rings (SSSR count). The maximum absolute atomic E-state index is 9.78. The third kappa shape index (κ3) is 2.82. The summed E-state index contributed by atoms with van der Waals surface area (Å²) < 4.78 is 4.27. The van der Waals surface area contributed by atoms with Crippen molar-refractivity contribution in [2.75, 3.05) is 0 Å². The topological polar surface area (TPSA) is 43.0 Å². The summed E-state index contributed by atoms with van der Waals surface area (Å²) in [5.41, 5.74) is 2.18. The van der Waals surface area contributed by atoms with Crippen LogP contribution in [0.1, 0.15) is 44.1 Å². The first-order chi connectivity index (χ1) is 8.74. The van der Waals surface area contributed by atoms with Crippen LogP contribution in [0.25, 0.3) is 0 Å². The van der Waals surface area contributed by atoms with Gasteiger partial charge in [-0.1, -0.05) is 13.8 Å². The van der Waals surface area contributed by atoms with E-state index in [-0.39, 0.29) is 6.10 Å².